The van der Waals surface area contributed by atoms with Gasteiger partial charge in [0.05, 0.1) is 17.8 Å². The van der Waals surface area contributed by atoms with Gasteiger partial charge in [0.1, 0.15) is 11.9 Å². The first-order valence-electron chi connectivity index (χ1n) is 5.12. The topological polar surface area (TPSA) is 106 Å². The van der Waals surface area contributed by atoms with Crippen molar-refractivity contribution in [2.45, 2.75) is 6.04 Å². The molecule has 0 fully saturated rings. The molecule has 1 aromatic carbocycles. The van der Waals surface area contributed by atoms with Crippen molar-refractivity contribution in [2.75, 3.05) is 11.4 Å². The molecule has 1 aromatic rings. The van der Waals surface area contributed by atoms with Gasteiger partial charge in [0.15, 0.2) is 0 Å². The molecule has 0 saturated heterocycles. The lowest BCUT2D eigenvalue weighted by molar-refractivity contribution is -0.119. The lowest BCUT2D eigenvalue weighted by atomic mass is 10.1. The van der Waals surface area contributed by atoms with E-state index in [0.717, 1.165) is 17.0 Å². The number of primary amides is 1. The highest BCUT2D eigenvalue weighted by Gasteiger charge is 2.37. The zero-order valence-electron chi connectivity index (χ0n) is 9.22. The first-order chi connectivity index (χ1) is 8.41. The summed E-state index contributed by atoms with van der Waals surface area (Å²) in [6.07, 6.45) is 0. The van der Waals surface area contributed by atoms with E-state index in [2.05, 4.69) is 0 Å². The van der Waals surface area contributed by atoms with Crippen LogP contribution in [-0.2, 0) is 9.59 Å². The molecule has 0 bridgehead atoms. The summed E-state index contributed by atoms with van der Waals surface area (Å²) in [5.41, 5.74) is 10.6. The van der Waals surface area contributed by atoms with E-state index in [0.29, 0.717) is 0 Å². The Morgan fingerprint density at radius 3 is 2.67 bits per heavy atom. The number of benzene rings is 1. The number of ketones is 1. The molecule has 0 aromatic heterocycles. The van der Waals surface area contributed by atoms with Gasteiger partial charge in [0.2, 0.25) is 5.91 Å². The smallest absolute Gasteiger partial charge is 0.299 e. The van der Waals surface area contributed by atoms with E-state index >= 15 is 0 Å². The number of nitrogens with two attached hydrogens (primary N) is 2. The highest BCUT2D eigenvalue weighted by molar-refractivity contribution is 6.52. The largest absolute Gasteiger partial charge is 0.368 e. The van der Waals surface area contributed by atoms with Crippen LogP contribution in [0.2, 0.25) is 0 Å². The number of nitrogens with zero attached hydrogens (tertiary/aromatic N) is 1. The molecule has 1 heterocycles. The number of halogens is 1. The van der Waals surface area contributed by atoms with Crippen LogP contribution in [0, 0.1) is 5.82 Å². The maximum Gasteiger partial charge on any atom is 0.299 e. The molecule has 7 heteroatoms. The summed E-state index contributed by atoms with van der Waals surface area (Å²) in [6.45, 7) is -0.210. The molecule has 0 spiro atoms. The maximum absolute atomic E-state index is 13.0. The first-order valence-corrected chi connectivity index (χ1v) is 5.12. The van der Waals surface area contributed by atoms with Crippen molar-refractivity contribution in [1.29, 1.82) is 0 Å². The quantitative estimate of drug-likeness (QED) is 0.683. The molecular weight excluding hydrogens is 241 g/mol. The molecule has 0 radical (unpaired) electrons. The van der Waals surface area contributed by atoms with Crippen molar-refractivity contribution >= 4 is 23.3 Å². The second-order valence-corrected chi connectivity index (χ2v) is 3.92. The van der Waals surface area contributed by atoms with Gasteiger partial charge >= 0.3 is 0 Å². The number of fused-ring (bicyclic) bond motifs is 1. The third-order valence-corrected chi connectivity index (χ3v) is 2.68. The van der Waals surface area contributed by atoms with Crippen molar-refractivity contribution in [3.63, 3.8) is 0 Å². The number of rotatable bonds is 3. The maximum atomic E-state index is 13.0. The monoisotopic (exact) mass is 251 g/mol. The lowest BCUT2D eigenvalue weighted by Crippen LogP contribution is -2.47. The summed E-state index contributed by atoms with van der Waals surface area (Å²) < 4.78 is 13.0. The number of Topliss-reactive ketones (excluding diaryl/α,β-unsaturated/α-hetero) is 1. The molecule has 1 aliphatic heterocycles. The second-order valence-electron chi connectivity index (χ2n) is 3.92. The van der Waals surface area contributed by atoms with Crippen molar-refractivity contribution in [3.05, 3.63) is 29.6 Å². The van der Waals surface area contributed by atoms with E-state index < -0.39 is 29.5 Å². The fourth-order valence-electron chi connectivity index (χ4n) is 1.74. The minimum atomic E-state index is -1.09. The Morgan fingerprint density at radius 1 is 1.39 bits per heavy atom. The highest BCUT2D eigenvalue weighted by Crippen LogP contribution is 2.29. The molecule has 1 unspecified atom stereocenters. The Kier molecular flexibility index (Phi) is 2.84. The van der Waals surface area contributed by atoms with E-state index in [1.165, 1.54) is 6.07 Å². The first kappa shape index (κ1) is 12.2. The number of carbonyl (C=O) groups is 3. The van der Waals surface area contributed by atoms with Crippen LogP contribution in [0.25, 0.3) is 0 Å². The normalized spacial score (nSPS) is 15.8. The van der Waals surface area contributed by atoms with Crippen LogP contribution in [0.1, 0.15) is 10.4 Å². The molecule has 1 aliphatic rings. The Balaban J connectivity index is 2.37. The number of hydrogen-bond donors (Lipinski definition) is 2. The molecule has 6 nitrogen and oxygen atoms in total. The molecule has 18 heavy (non-hydrogen) atoms. The number of anilines is 1. The van der Waals surface area contributed by atoms with Gasteiger partial charge in [-0.25, -0.2) is 4.39 Å². The predicted molar refractivity (Wildman–Crippen MR) is 60.3 cm³/mol. The van der Waals surface area contributed by atoms with Gasteiger partial charge in [-0.15, -0.1) is 0 Å². The van der Waals surface area contributed by atoms with Crippen molar-refractivity contribution in [2.24, 2.45) is 11.5 Å². The third-order valence-electron chi connectivity index (χ3n) is 2.68. The lowest BCUT2D eigenvalue weighted by Gasteiger charge is -2.19. The summed E-state index contributed by atoms with van der Waals surface area (Å²) in [6, 6.07) is 2.30. The third kappa shape index (κ3) is 1.84. The fourth-order valence-corrected chi connectivity index (χ4v) is 1.74. The fraction of sp³-hybridized carbons (Fsp3) is 0.182. The van der Waals surface area contributed by atoms with Gasteiger partial charge in [0.25, 0.3) is 11.7 Å². The van der Waals surface area contributed by atoms with Gasteiger partial charge in [-0.05, 0) is 18.2 Å². The average molecular weight is 251 g/mol. The average Bonchev–Trinajstić information content (AvgIpc) is 2.54. The van der Waals surface area contributed by atoms with Crippen LogP contribution in [0.5, 0.6) is 0 Å². The van der Waals surface area contributed by atoms with Gasteiger partial charge in [-0.2, -0.15) is 0 Å². The standard InChI is InChI=1S/C11H10FN3O3/c12-5-1-2-8-6(3-5)9(16)11(18)15(8)4-7(13)10(14)17/h1-3,7H,4,13H2,(H2,14,17). The van der Waals surface area contributed by atoms with Crippen LogP contribution < -0.4 is 16.4 Å². The summed E-state index contributed by atoms with van der Waals surface area (Å²) >= 11 is 0. The van der Waals surface area contributed by atoms with E-state index in [1.807, 2.05) is 0 Å². The predicted octanol–water partition coefficient (Wildman–Crippen LogP) is -0.832. The van der Waals surface area contributed by atoms with E-state index in [9.17, 15) is 18.8 Å². The number of amides is 2. The molecular formula is C11H10FN3O3. The Morgan fingerprint density at radius 2 is 2.06 bits per heavy atom. The van der Waals surface area contributed by atoms with Crippen molar-refractivity contribution < 1.29 is 18.8 Å². The molecule has 94 valence electrons. The van der Waals surface area contributed by atoms with Crippen LogP contribution in [-0.4, -0.2) is 30.2 Å². The highest BCUT2D eigenvalue weighted by atomic mass is 19.1. The number of hydrogen-bond acceptors (Lipinski definition) is 4. The Hall–Kier alpha value is -2.28. The Labute approximate surface area is 101 Å². The second kappa shape index (κ2) is 4.19. The van der Waals surface area contributed by atoms with Crippen molar-refractivity contribution in [3.8, 4) is 0 Å². The van der Waals surface area contributed by atoms with Gasteiger partial charge < -0.3 is 16.4 Å². The van der Waals surface area contributed by atoms with E-state index in [1.54, 1.807) is 0 Å². The zero-order valence-corrected chi connectivity index (χ0v) is 9.22. The molecule has 2 rings (SSSR count). The van der Waals surface area contributed by atoms with Crippen molar-refractivity contribution in [1.82, 2.24) is 0 Å². The minimum absolute atomic E-state index is 0.0309. The van der Waals surface area contributed by atoms with Crippen LogP contribution >= 0.6 is 0 Å². The van der Waals surface area contributed by atoms with Crippen LogP contribution in [0.15, 0.2) is 18.2 Å². The van der Waals surface area contributed by atoms with E-state index in [-0.39, 0.29) is 17.8 Å². The molecule has 1 atom stereocenters. The van der Waals surface area contributed by atoms with Gasteiger partial charge in [-0.3, -0.25) is 14.4 Å². The number of carbonyl (C=O) groups excluding carboxylic acids is 3. The Bertz CT molecular complexity index is 558. The van der Waals surface area contributed by atoms with E-state index in [4.69, 9.17) is 11.5 Å². The summed E-state index contributed by atoms with van der Waals surface area (Å²) in [4.78, 5) is 35.2. The molecule has 4 N–H and O–H groups in total. The summed E-state index contributed by atoms with van der Waals surface area (Å²) in [7, 11) is 0. The van der Waals surface area contributed by atoms with Crippen LogP contribution in [0.4, 0.5) is 10.1 Å². The summed E-state index contributed by atoms with van der Waals surface area (Å²) in [5.74, 6) is -3.06. The molecule has 2 amide bonds. The zero-order chi connectivity index (χ0) is 13.4. The van der Waals surface area contributed by atoms with Gasteiger partial charge in [-0.1, -0.05) is 0 Å². The van der Waals surface area contributed by atoms with Crippen LogP contribution in [0.3, 0.4) is 0 Å². The molecule has 0 saturated carbocycles. The minimum Gasteiger partial charge on any atom is -0.368 e. The van der Waals surface area contributed by atoms with Gasteiger partial charge in [0, 0.05) is 0 Å². The summed E-state index contributed by atoms with van der Waals surface area (Å²) in [5, 5.41) is 0. The SMILES string of the molecule is NC(=O)C(N)CN1C(=O)C(=O)c2cc(F)ccc21. The molecule has 0 aliphatic carbocycles.